The van der Waals surface area contributed by atoms with Gasteiger partial charge in [0.15, 0.2) is 16.6 Å². The molecule has 0 unspecified atom stereocenters. The summed E-state index contributed by atoms with van der Waals surface area (Å²) in [5, 5.41) is 18.3. The molecule has 0 fully saturated rings. The summed E-state index contributed by atoms with van der Waals surface area (Å²) < 4.78 is 15.6. The van der Waals surface area contributed by atoms with E-state index in [2.05, 4.69) is 15.8 Å². The van der Waals surface area contributed by atoms with Gasteiger partial charge in [0, 0.05) is 0 Å². The van der Waals surface area contributed by atoms with E-state index in [0.29, 0.717) is 22.9 Å². The minimum absolute atomic E-state index is 0.0260. The van der Waals surface area contributed by atoms with Crippen molar-refractivity contribution in [3.63, 3.8) is 0 Å². The Morgan fingerprint density at radius 2 is 2.08 bits per heavy atom. The molecular formula is C16H14N4O5S. The van der Waals surface area contributed by atoms with E-state index in [9.17, 15) is 10.1 Å². The first kappa shape index (κ1) is 17.4. The van der Waals surface area contributed by atoms with Gasteiger partial charge >= 0.3 is 0 Å². The summed E-state index contributed by atoms with van der Waals surface area (Å²) in [6.45, 7) is 0.0260. The van der Waals surface area contributed by atoms with Gasteiger partial charge in [-0.1, -0.05) is 12.1 Å². The minimum Gasteiger partial charge on any atom is -0.495 e. The highest BCUT2D eigenvalue weighted by molar-refractivity contribution is 7.80. The summed E-state index contributed by atoms with van der Waals surface area (Å²) in [6, 6.07) is 10.0. The quantitative estimate of drug-likeness (QED) is 0.356. The fraction of sp³-hybridized carbons (Fsp3) is 0.125. The van der Waals surface area contributed by atoms with Crippen LogP contribution in [-0.2, 0) is 0 Å². The molecule has 0 saturated heterocycles. The minimum atomic E-state index is -0.519. The topological polar surface area (TPSA) is 107 Å². The summed E-state index contributed by atoms with van der Waals surface area (Å²) in [5.41, 5.74) is 3.37. The van der Waals surface area contributed by atoms with Gasteiger partial charge in [-0.3, -0.25) is 15.5 Å². The van der Waals surface area contributed by atoms with Gasteiger partial charge in [-0.2, -0.15) is 5.10 Å². The van der Waals surface area contributed by atoms with Crippen LogP contribution in [0.5, 0.6) is 17.2 Å². The van der Waals surface area contributed by atoms with Crippen molar-refractivity contribution in [1.82, 2.24) is 5.43 Å². The second-order valence-electron chi connectivity index (χ2n) is 5.05. The highest BCUT2D eigenvalue weighted by Crippen LogP contribution is 2.37. The molecule has 9 nitrogen and oxygen atoms in total. The lowest BCUT2D eigenvalue weighted by Gasteiger charge is -2.10. The number of nitrogens with one attached hydrogen (secondary N) is 2. The van der Waals surface area contributed by atoms with Crippen molar-refractivity contribution >= 4 is 34.9 Å². The zero-order chi connectivity index (χ0) is 18.5. The maximum atomic E-state index is 11.2. The van der Waals surface area contributed by atoms with Crippen molar-refractivity contribution < 1.29 is 19.1 Å². The zero-order valence-electron chi connectivity index (χ0n) is 13.6. The number of ether oxygens (including phenoxy) is 3. The molecule has 0 aliphatic carbocycles. The lowest BCUT2D eigenvalue weighted by Crippen LogP contribution is -2.24. The predicted octanol–water partition coefficient (Wildman–Crippen LogP) is 2.65. The molecule has 2 aromatic carbocycles. The van der Waals surface area contributed by atoms with Gasteiger partial charge in [0.25, 0.3) is 5.69 Å². The Kier molecular flexibility index (Phi) is 5.13. The standard InChI is InChI=1S/C16H14N4O5S/c1-23-13-5-3-2-4-11(13)18-16(26)19-17-8-10-6-14-15(25-9-24-14)7-12(10)20(21)22/h2-8H,9H2,1H3,(H2,18,19,26). The number of nitrogens with zero attached hydrogens (tertiary/aromatic N) is 2. The van der Waals surface area contributed by atoms with Gasteiger partial charge in [-0.25, -0.2) is 0 Å². The second kappa shape index (κ2) is 7.66. The van der Waals surface area contributed by atoms with Gasteiger partial charge in [0.1, 0.15) is 5.75 Å². The van der Waals surface area contributed by atoms with E-state index >= 15 is 0 Å². The van der Waals surface area contributed by atoms with Crippen LogP contribution in [0.2, 0.25) is 0 Å². The summed E-state index contributed by atoms with van der Waals surface area (Å²) in [4.78, 5) is 10.7. The van der Waals surface area contributed by atoms with E-state index in [4.69, 9.17) is 26.4 Å². The van der Waals surface area contributed by atoms with Crippen LogP contribution in [0.25, 0.3) is 0 Å². The molecule has 0 saturated carbocycles. The third kappa shape index (κ3) is 3.81. The number of para-hydroxylation sites is 2. The Balaban J connectivity index is 1.70. The molecule has 1 aliphatic heterocycles. The van der Waals surface area contributed by atoms with Crippen LogP contribution in [0.3, 0.4) is 0 Å². The molecule has 0 aromatic heterocycles. The van der Waals surface area contributed by atoms with Crippen LogP contribution < -0.4 is 25.0 Å². The normalized spacial score (nSPS) is 12.0. The highest BCUT2D eigenvalue weighted by atomic mass is 32.1. The van der Waals surface area contributed by atoms with Crippen LogP contribution in [0.4, 0.5) is 11.4 Å². The van der Waals surface area contributed by atoms with E-state index in [1.807, 2.05) is 12.1 Å². The molecule has 2 aromatic rings. The van der Waals surface area contributed by atoms with Gasteiger partial charge in [-0.15, -0.1) is 0 Å². The molecule has 0 spiro atoms. The molecule has 0 radical (unpaired) electrons. The van der Waals surface area contributed by atoms with Crippen LogP contribution in [0.15, 0.2) is 41.5 Å². The van der Waals surface area contributed by atoms with Crippen molar-refractivity contribution in [3.05, 3.63) is 52.1 Å². The fourth-order valence-electron chi connectivity index (χ4n) is 2.27. The van der Waals surface area contributed by atoms with E-state index < -0.39 is 4.92 Å². The van der Waals surface area contributed by atoms with E-state index in [1.54, 1.807) is 19.2 Å². The van der Waals surface area contributed by atoms with E-state index in [1.165, 1.54) is 18.3 Å². The fourth-order valence-corrected chi connectivity index (χ4v) is 2.43. The number of benzene rings is 2. The maximum absolute atomic E-state index is 11.2. The lowest BCUT2D eigenvalue weighted by molar-refractivity contribution is -0.385. The Bertz CT molecular complexity index is 887. The summed E-state index contributed by atoms with van der Waals surface area (Å²) in [6.07, 6.45) is 1.29. The Hall–Kier alpha value is -3.40. The van der Waals surface area contributed by atoms with Gasteiger partial charge < -0.3 is 19.5 Å². The monoisotopic (exact) mass is 374 g/mol. The third-order valence-electron chi connectivity index (χ3n) is 3.44. The predicted molar refractivity (Wildman–Crippen MR) is 99.2 cm³/mol. The van der Waals surface area contributed by atoms with E-state index in [0.717, 1.165) is 0 Å². The van der Waals surface area contributed by atoms with Crippen molar-refractivity contribution in [1.29, 1.82) is 0 Å². The number of fused-ring (bicyclic) bond motifs is 1. The number of nitro groups is 1. The van der Waals surface area contributed by atoms with E-state index in [-0.39, 0.29) is 23.2 Å². The van der Waals surface area contributed by atoms with Crippen LogP contribution in [0.1, 0.15) is 5.56 Å². The summed E-state index contributed by atoms with van der Waals surface area (Å²) in [5.74, 6) is 1.37. The second-order valence-corrected chi connectivity index (χ2v) is 5.45. The number of hydrogen-bond acceptors (Lipinski definition) is 7. The van der Waals surface area contributed by atoms with Gasteiger partial charge in [0.2, 0.25) is 6.79 Å². The van der Waals surface area contributed by atoms with Crippen LogP contribution in [0, 0.1) is 10.1 Å². The number of anilines is 1. The number of nitro benzene ring substituents is 1. The highest BCUT2D eigenvalue weighted by Gasteiger charge is 2.22. The number of rotatable bonds is 5. The molecule has 1 heterocycles. The number of hydrogen-bond donors (Lipinski definition) is 2. The lowest BCUT2D eigenvalue weighted by atomic mass is 10.1. The Morgan fingerprint density at radius 3 is 2.81 bits per heavy atom. The first-order chi connectivity index (χ1) is 12.6. The average Bonchev–Trinajstić information content (AvgIpc) is 3.08. The molecule has 0 bridgehead atoms. The number of methoxy groups -OCH3 is 1. The Morgan fingerprint density at radius 1 is 1.35 bits per heavy atom. The SMILES string of the molecule is COc1ccccc1NC(=S)NN=Cc1cc2c(cc1[N+](=O)[O-])OCO2. The van der Waals surface area contributed by atoms with Crippen molar-refractivity contribution in [2.24, 2.45) is 5.10 Å². The van der Waals surface area contributed by atoms with Crippen LogP contribution >= 0.6 is 12.2 Å². The summed E-state index contributed by atoms with van der Waals surface area (Å²) >= 11 is 5.15. The first-order valence-electron chi connectivity index (χ1n) is 7.39. The molecular weight excluding hydrogens is 360 g/mol. The van der Waals surface area contributed by atoms with Gasteiger partial charge in [0.05, 0.1) is 35.6 Å². The molecule has 0 atom stereocenters. The average molecular weight is 374 g/mol. The van der Waals surface area contributed by atoms with Crippen LogP contribution in [-0.4, -0.2) is 30.2 Å². The molecule has 26 heavy (non-hydrogen) atoms. The largest absolute Gasteiger partial charge is 0.495 e. The molecule has 0 amide bonds. The first-order valence-corrected chi connectivity index (χ1v) is 7.80. The van der Waals surface area contributed by atoms with Crippen molar-refractivity contribution in [2.75, 3.05) is 19.2 Å². The molecule has 134 valence electrons. The zero-order valence-corrected chi connectivity index (χ0v) is 14.4. The summed E-state index contributed by atoms with van der Waals surface area (Å²) in [7, 11) is 1.55. The number of hydrazone groups is 1. The molecule has 3 rings (SSSR count). The van der Waals surface area contributed by atoms with Gasteiger partial charge in [-0.05, 0) is 30.4 Å². The maximum Gasteiger partial charge on any atom is 0.282 e. The van der Waals surface area contributed by atoms with Crippen molar-refractivity contribution in [3.8, 4) is 17.2 Å². The smallest absolute Gasteiger partial charge is 0.282 e. The Labute approximate surface area is 153 Å². The molecule has 1 aliphatic rings. The number of thiocarbonyl (C=S) groups is 1. The third-order valence-corrected chi connectivity index (χ3v) is 3.64. The molecule has 10 heteroatoms. The molecule has 2 N–H and O–H groups in total. The van der Waals surface area contributed by atoms with Crippen molar-refractivity contribution in [2.45, 2.75) is 0 Å².